The number of benzene rings is 1. The third-order valence-corrected chi connectivity index (χ3v) is 5.00. The number of nitrogens with zero attached hydrogens (tertiary/aromatic N) is 2. The topological polar surface area (TPSA) is 15.7 Å². The van der Waals surface area contributed by atoms with Crippen molar-refractivity contribution in [2.75, 3.05) is 58.2 Å². The van der Waals surface area contributed by atoms with Crippen LogP contribution in [-0.4, -0.2) is 68.0 Å². The third kappa shape index (κ3) is 6.57. The van der Waals surface area contributed by atoms with Gasteiger partial charge in [-0.05, 0) is 30.8 Å². The molecule has 1 aliphatic heterocycles. The van der Waals surface area contributed by atoms with E-state index in [2.05, 4.69) is 28.9 Å². The van der Waals surface area contributed by atoms with E-state index in [1.165, 1.54) is 37.6 Å². The van der Waals surface area contributed by atoms with Crippen LogP contribution in [0, 0.1) is 0 Å². The highest BCUT2D eigenvalue weighted by Gasteiger charge is 2.14. The average Bonchev–Trinajstić information content (AvgIpc) is 2.53. The van der Waals surface area contributed by atoms with E-state index in [-0.39, 0.29) is 0 Å². The maximum absolute atomic E-state index is 5.86. The molecule has 21 heavy (non-hydrogen) atoms. The zero-order valence-corrected chi connectivity index (χ0v) is 14.3. The standard InChI is InChI=1S/C16H25ClN2OS/c1-2-18-7-9-19(10-8-18)11-12-20-13-14-21-16-5-3-15(17)4-6-16/h3-6H,2,7-14H2,1H3. The van der Waals surface area contributed by atoms with Crippen molar-refractivity contribution in [3.8, 4) is 0 Å². The molecule has 118 valence electrons. The van der Waals surface area contributed by atoms with Crippen LogP contribution in [0.15, 0.2) is 29.2 Å². The largest absolute Gasteiger partial charge is 0.379 e. The van der Waals surface area contributed by atoms with Crippen LogP contribution in [0.4, 0.5) is 0 Å². The Morgan fingerprint density at radius 1 is 1.05 bits per heavy atom. The Morgan fingerprint density at radius 3 is 2.38 bits per heavy atom. The first-order valence-corrected chi connectivity index (χ1v) is 9.05. The summed E-state index contributed by atoms with van der Waals surface area (Å²) in [4.78, 5) is 6.25. The summed E-state index contributed by atoms with van der Waals surface area (Å²) >= 11 is 7.68. The summed E-state index contributed by atoms with van der Waals surface area (Å²) in [5, 5.41) is 0.791. The number of thioether (sulfide) groups is 1. The van der Waals surface area contributed by atoms with Crippen molar-refractivity contribution in [1.82, 2.24) is 9.80 Å². The fraction of sp³-hybridized carbons (Fsp3) is 0.625. The number of likely N-dealkylation sites (N-methyl/N-ethyl adjacent to an activating group) is 1. The van der Waals surface area contributed by atoms with Gasteiger partial charge in [0.1, 0.15) is 0 Å². The number of hydrogen-bond donors (Lipinski definition) is 0. The van der Waals surface area contributed by atoms with Gasteiger partial charge in [0.25, 0.3) is 0 Å². The van der Waals surface area contributed by atoms with Crippen molar-refractivity contribution in [3.63, 3.8) is 0 Å². The van der Waals surface area contributed by atoms with E-state index in [1.807, 2.05) is 23.9 Å². The Hall–Kier alpha value is -0.260. The highest BCUT2D eigenvalue weighted by atomic mass is 35.5. The smallest absolute Gasteiger partial charge is 0.0593 e. The van der Waals surface area contributed by atoms with Gasteiger partial charge in [-0.2, -0.15) is 0 Å². The van der Waals surface area contributed by atoms with Crippen LogP contribution in [0.3, 0.4) is 0 Å². The molecule has 1 aromatic carbocycles. The van der Waals surface area contributed by atoms with Crippen LogP contribution < -0.4 is 0 Å². The lowest BCUT2D eigenvalue weighted by Crippen LogP contribution is -2.47. The van der Waals surface area contributed by atoms with Crippen molar-refractivity contribution in [1.29, 1.82) is 0 Å². The molecular formula is C16H25ClN2OS. The summed E-state index contributed by atoms with van der Waals surface area (Å²) in [5.41, 5.74) is 0. The number of ether oxygens (including phenoxy) is 1. The SMILES string of the molecule is CCN1CCN(CCOCCSc2ccc(Cl)cc2)CC1. The average molecular weight is 329 g/mol. The zero-order valence-electron chi connectivity index (χ0n) is 12.8. The molecule has 0 N–H and O–H groups in total. The zero-order chi connectivity index (χ0) is 14.9. The minimum absolute atomic E-state index is 0.791. The highest BCUT2D eigenvalue weighted by molar-refractivity contribution is 7.99. The lowest BCUT2D eigenvalue weighted by Gasteiger charge is -2.33. The molecular weight excluding hydrogens is 304 g/mol. The van der Waals surface area contributed by atoms with E-state index >= 15 is 0 Å². The van der Waals surface area contributed by atoms with E-state index in [4.69, 9.17) is 16.3 Å². The molecule has 0 unspecified atom stereocenters. The summed E-state index contributed by atoms with van der Waals surface area (Å²) in [5.74, 6) is 0.991. The summed E-state index contributed by atoms with van der Waals surface area (Å²) in [6, 6.07) is 7.97. The normalized spacial score (nSPS) is 17.2. The lowest BCUT2D eigenvalue weighted by molar-refractivity contribution is 0.0836. The van der Waals surface area contributed by atoms with E-state index in [0.717, 1.165) is 30.5 Å². The van der Waals surface area contributed by atoms with E-state index in [0.29, 0.717) is 0 Å². The second-order valence-corrected chi connectivity index (χ2v) is 6.80. The molecule has 2 rings (SSSR count). The van der Waals surface area contributed by atoms with Crippen molar-refractivity contribution in [3.05, 3.63) is 29.3 Å². The molecule has 5 heteroatoms. The van der Waals surface area contributed by atoms with E-state index < -0.39 is 0 Å². The van der Waals surface area contributed by atoms with Gasteiger partial charge < -0.3 is 9.64 Å². The Morgan fingerprint density at radius 2 is 1.71 bits per heavy atom. The summed E-state index contributed by atoms with van der Waals surface area (Å²) in [7, 11) is 0. The third-order valence-electron chi connectivity index (χ3n) is 3.77. The first kappa shape index (κ1) is 17.1. The predicted molar refractivity (Wildman–Crippen MR) is 91.5 cm³/mol. The van der Waals surface area contributed by atoms with Crippen LogP contribution in [-0.2, 0) is 4.74 Å². The maximum atomic E-state index is 5.86. The monoisotopic (exact) mass is 328 g/mol. The van der Waals surface area contributed by atoms with Crippen LogP contribution in [0.2, 0.25) is 5.02 Å². The Kier molecular flexibility index (Phi) is 7.89. The van der Waals surface area contributed by atoms with Crippen molar-refractivity contribution in [2.45, 2.75) is 11.8 Å². The van der Waals surface area contributed by atoms with Crippen molar-refractivity contribution >= 4 is 23.4 Å². The van der Waals surface area contributed by atoms with Gasteiger partial charge in [0.2, 0.25) is 0 Å². The molecule has 3 nitrogen and oxygen atoms in total. The van der Waals surface area contributed by atoms with Crippen LogP contribution in [0.5, 0.6) is 0 Å². The summed E-state index contributed by atoms with van der Waals surface area (Å²) < 4.78 is 5.73. The Labute approximate surface area is 137 Å². The molecule has 0 atom stereocenters. The Balaban J connectivity index is 1.48. The van der Waals surface area contributed by atoms with Crippen LogP contribution in [0.1, 0.15) is 6.92 Å². The van der Waals surface area contributed by atoms with Crippen LogP contribution >= 0.6 is 23.4 Å². The molecule has 1 saturated heterocycles. The van der Waals surface area contributed by atoms with E-state index in [9.17, 15) is 0 Å². The van der Waals surface area contributed by atoms with Crippen LogP contribution in [0.25, 0.3) is 0 Å². The number of piperazine rings is 1. The molecule has 0 aliphatic carbocycles. The number of rotatable bonds is 8. The second-order valence-electron chi connectivity index (χ2n) is 5.19. The quantitative estimate of drug-likeness (QED) is 0.538. The molecule has 1 fully saturated rings. The van der Waals surface area contributed by atoms with Gasteiger partial charge >= 0.3 is 0 Å². The molecule has 0 aromatic heterocycles. The molecule has 1 heterocycles. The van der Waals surface area contributed by atoms with Gasteiger partial charge in [-0.25, -0.2) is 0 Å². The fourth-order valence-corrected chi connectivity index (χ4v) is 3.27. The summed E-state index contributed by atoms with van der Waals surface area (Å²) in [6.45, 7) is 10.9. The maximum Gasteiger partial charge on any atom is 0.0593 e. The minimum Gasteiger partial charge on any atom is -0.379 e. The van der Waals surface area contributed by atoms with Gasteiger partial charge in [-0.3, -0.25) is 4.90 Å². The van der Waals surface area contributed by atoms with Gasteiger partial charge in [-0.1, -0.05) is 18.5 Å². The van der Waals surface area contributed by atoms with Gasteiger partial charge in [0.05, 0.1) is 13.2 Å². The van der Waals surface area contributed by atoms with Crippen molar-refractivity contribution < 1.29 is 4.74 Å². The first-order valence-electron chi connectivity index (χ1n) is 7.68. The minimum atomic E-state index is 0.791. The van der Waals surface area contributed by atoms with E-state index in [1.54, 1.807) is 0 Å². The molecule has 1 aromatic rings. The highest BCUT2D eigenvalue weighted by Crippen LogP contribution is 2.19. The molecule has 0 bridgehead atoms. The Bertz CT molecular complexity index is 394. The molecule has 0 radical (unpaired) electrons. The number of hydrogen-bond acceptors (Lipinski definition) is 4. The first-order chi connectivity index (χ1) is 10.3. The molecule has 0 amide bonds. The van der Waals surface area contributed by atoms with Gasteiger partial charge in [0.15, 0.2) is 0 Å². The number of halogens is 1. The van der Waals surface area contributed by atoms with Gasteiger partial charge in [0, 0.05) is 48.4 Å². The van der Waals surface area contributed by atoms with Gasteiger partial charge in [-0.15, -0.1) is 11.8 Å². The second kappa shape index (κ2) is 9.70. The molecule has 1 aliphatic rings. The molecule has 0 spiro atoms. The summed E-state index contributed by atoms with van der Waals surface area (Å²) in [6.07, 6.45) is 0. The lowest BCUT2D eigenvalue weighted by atomic mass is 10.3. The predicted octanol–water partition coefficient (Wildman–Crippen LogP) is 3.09. The fourth-order valence-electron chi connectivity index (χ4n) is 2.37. The molecule has 0 saturated carbocycles. The van der Waals surface area contributed by atoms with Crippen molar-refractivity contribution in [2.24, 2.45) is 0 Å².